The van der Waals surface area contributed by atoms with Crippen molar-refractivity contribution in [2.45, 2.75) is 64.1 Å². The van der Waals surface area contributed by atoms with Crippen LogP contribution in [-0.2, 0) is 9.31 Å². The average molecular weight is 224 g/mol. The van der Waals surface area contributed by atoms with Crippen LogP contribution in [0.15, 0.2) is 0 Å². The molecule has 2 rings (SSSR count). The lowest BCUT2D eigenvalue weighted by Gasteiger charge is -2.35. The first-order valence-electron chi connectivity index (χ1n) is 7.15. The standard InChI is InChI=1S/C13H25BO2/c1-2-3-7-12-8-4-5-9-13(12)14-15-10-6-11-16-14/h12-13H,2-11H2,1H3/t12-,13-/m0/s1. The Morgan fingerprint density at radius 3 is 2.56 bits per heavy atom. The van der Waals surface area contributed by atoms with Crippen LogP contribution in [0.4, 0.5) is 0 Å². The molecular formula is C13H25BO2. The van der Waals surface area contributed by atoms with Gasteiger partial charge in [-0.3, -0.25) is 0 Å². The van der Waals surface area contributed by atoms with Crippen molar-refractivity contribution in [1.82, 2.24) is 0 Å². The monoisotopic (exact) mass is 224 g/mol. The van der Waals surface area contributed by atoms with Crippen LogP contribution < -0.4 is 0 Å². The van der Waals surface area contributed by atoms with Gasteiger partial charge in [-0.2, -0.15) is 0 Å². The summed E-state index contributed by atoms with van der Waals surface area (Å²) in [6.07, 6.45) is 10.6. The van der Waals surface area contributed by atoms with Crippen LogP contribution in [0.1, 0.15) is 58.3 Å². The molecule has 2 nitrogen and oxygen atoms in total. The van der Waals surface area contributed by atoms with Gasteiger partial charge < -0.3 is 9.31 Å². The van der Waals surface area contributed by atoms with Crippen LogP contribution in [0.25, 0.3) is 0 Å². The van der Waals surface area contributed by atoms with E-state index in [1.54, 1.807) is 0 Å². The fourth-order valence-corrected chi connectivity index (χ4v) is 3.17. The molecule has 0 spiro atoms. The molecule has 92 valence electrons. The second-order valence-electron chi connectivity index (χ2n) is 5.31. The molecule has 2 fully saturated rings. The Morgan fingerprint density at radius 2 is 1.81 bits per heavy atom. The second-order valence-corrected chi connectivity index (χ2v) is 5.31. The van der Waals surface area contributed by atoms with Crippen molar-refractivity contribution >= 4 is 7.12 Å². The summed E-state index contributed by atoms with van der Waals surface area (Å²) in [6, 6.07) is 0. The summed E-state index contributed by atoms with van der Waals surface area (Å²) in [4.78, 5) is 0. The van der Waals surface area contributed by atoms with Gasteiger partial charge >= 0.3 is 7.12 Å². The molecule has 0 N–H and O–H groups in total. The average Bonchev–Trinajstić information content (AvgIpc) is 2.38. The Morgan fingerprint density at radius 1 is 1.06 bits per heavy atom. The minimum Gasteiger partial charge on any atom is -0.411 e. The molecule has 0 amide bonds. The Kier molecular flexibility index (Phi) is 5.18. The van der Waals surface area contributed by atoms with Crippen molar-refractivity contribution in [2.24, 2.45) is 5.92 Å². The summed E-state index contributed by atoms with van der Waals surface area (Å²) in [7, 11) is 0.121. The second kappa shape index (κ2) is 6.66. The third kappa shape index (κ3) is 3.24. The van der Waals surface area contributed by atoms with Gasteiger partial charge in [-0.1, -0.05) is 51.9 Å². The highest BCUT2D eigenvalue weighted by Gasteiger charge is 2.38. The molecule has 1 saturated carbocycles. The van der Waals surface area contributed by atoms with Gasteiger partial charge in [0.25, 0.3) is 0 Å². The first-order valence-corrected chi connectivity index (χ1v) is 7.15. The maximum atomic E-state index is 5.81. The lowest BCUT2D eigenvalue weighted by Crippen LogP contribution is -2.38. The van der Waals surface area contributed by atoms with E-state index in [4.69, 9.17) is 9.31 Å². The normalized spacial score (nSPS) is 31.7. The van der Waals surface area contributed by atoms with Crippen LogP contribution in [0.2, 0.25) is 5.82 Å². The smallest absolute Gasteiger partial charge is 0.411 e. The predicted octanol–water partition coefficient (Wildman–Crippen LogP) is 3.66. The van der Waals surface area contributed by atoms with Crippen LogP contribution in [0.3, 0.4) is 0 Å². The fraction of sp³-hybridized carbons (Fsp3) is 1.00. The topological polar surface area (TPSA) is 18.5 Å². The third-order valence-corrected chi connectivity index (χ3v) is 4.10. The van der Waals surface area contributed by atoms with Crippen molar-refractivity contribution in [3.63, 3.8) is 0 Å². The molecule has 16 heavy (non-hydrogen) atoms. The molecule has 0 aromatic heterocycles. The molecule has 2 atom stereocenters. The summed E-state index contributed by atoms with van der Waals surface area (Å²) < 4.78 is 11.6. The van der Waals surface area contributed by atoms with E-state index in [1.807, 2.05) is 0 Å². The van der Waals surface area contributed by atoms with Gasteiger partial charge in [0, 0.05) is 13.2 Å². The quantitative estimate of drug-likeness (QED) is 0.678. The minimum atomic E-state index is 0.121. The Hall–Kier alpha value is -0.0151. The summed E-state index contributed by atoms with van der Waals surface area (Å²) >= 11 is 0. The fourth-order valence-electron chi connectivity index (χ4n) is 3.17. The van der Waals surface area contributed by atoms with Gasteiger partial charge in [0.05, 0.1) is 0 Å². The van der Waals surface area contributed by atoms with E-state index < -0.39 is 0 Å². The number of rotatable bonds is 4. The van der Waals surface area contributed by atoms with Crippen molar-refractivity contribution in [3.05, 3.63) is 0 Å². The third-order valence-electron chi connectivity index (χ3n) is 4.10. The molecule has 1 aliphatic carbocycles. The molecule has 0 aromatic carbocycles. The highest BCUT2D eigenvalue weighted by molar-refractivity contribution is 6.46. The minimum absolute atomic E-state index is 0.121. The molecule has 1 saturated heterocycles. The molecule has 2 aliphatic rings. The molecular weight excluding hydrogens is 199 g/mol. The van der Waals surface area contributed by atoms with E-state index in [0.717, 1.165) is 25.6 Å². The van der Waals surface area contributed by atoms with Gasteiger partial charge in [-0.15, -0.1) is 0 Å². The van der Waals surface area contributed by atoms with Gasteiger partial charge in [-0.05, 0) is 18.2 Å². The van der Waals surface area contributed by atoms with Crippen molar-refractivity contribution in [1.29, 1.82) is 0 Å². The summed E-state index contributed by atoms with van der Waals surface area (Å²) in [5.41, 5.74) is 0. The van der Waals surface area contributed by atoms with Gasteiger partial charge in [0.2, 0.25) is 0 Å². The summed E-state index contributed by atoms with van der Waals surface area (Å²) in [6.45, 7) is 4.09. The SMILES string of the molecule is CCCC[C@H]1CCCC[C@@H]1B1OCCCO1. The van der Waals surface area contributed by atoms with Crippen molar-refractivity contribution in [3.8, 4) is 0 Å². The van der Waals surface area contributed by atoms with Crippen LogP contribution in [0.5, 0.6) is 0 Å². The first kappa shape index (κ1) is 12.4. The molecule has 0 radical (unpaired) electrons. The zero-order chi connectivity index (χ0) is 11.2. The van der Waals surface area contributed by atoms with Crippen molar-refractivity contribution in [2.75, 3.05) is 13.2 Å². The van der Waals surface area contributed by atoms with E-state index in [1.165, 1.54) is 44.9 Å². The van der Waals surface area contributed by atoms with Crippen LogP contribution >= 0.6 is 0 Å². The Labute approximate surface area is 100 Å². The van der Waals surface area contributed by atoms with E-state index in [0.29, 0.717) is 5.82 Å². The Bertz CT molecular complexity index is 192. The van der Waals surface area contributed by atoms with Gasteiger partial charge in [0.15, 0.2) is 0 Å². The van der Waals surface area contributed by atoms with Crippen molar-refractivity contribution < 1.29 is 9.31 Å². The summed E-state index contributed by atoms with van der Waals surface area (Å²) in [5.74, 6) is 1.54. The van der Waals surface area contributed by atoms with Crippen LogP contribution in [-0.4, -0.2) is 20.3 Å². The Balaban J connectivity index is 1.86. The number of hydrogen-bond donors (Lipinski definition) is 0. The van der Waals surface area contributed by atoms with E-state index in [9.17, 15) is 0 Å². The highest BCUT2D eigenvalue weighted by Crippen LogP contribution is 2.40. The molecule has 1 heterocycles. The predicted molar refractivity (Wildman–Crippen MR) is 67.5 cm³/mol. The molecule has 1 aliphatic heterocycles. The number of unbranched alkanes of at least 4 members (excludes halogenated alkanes) is 1. The molecule has 0 unspecified atom stereocenters. The lowest BCUT2D eigenvalue weighted by molar-refractivity contribution is 0.113. The van der Waals surface area contributed by atoms with Gasteiger partial charge in [-0.25, -0.2) is 0 Å². The molecule has 0 aromatic rings. The maximum absolute atomic E-state index is 5.81. The highest BCUT2D eigenvalue weighted by atomic mass is 16.6. The van der Waals surface area contributed by atoms with Gasteiger partial charge in [0.1, 0.15) is 0 Å². The lowest BCUT2D eigenvalue weighted by atomic mass is 9.58. The first-order chi connectivity index (χ1) is 7.92. The van der Waals surface area contributed by atoms with E-state index in [2.05, 4.69) is 6.92 Å². The largest absolute Gasteiger partial charge is 0.460 e. The molecule has 0 bridgehead atoms. The zero-order valence-electron chi connectivity index (χ0n) is 10.6. The molecule has 3 heteroatoms. The summed E-state index contributed by atoms with van der Waals surface area (Å²) in [5, 5.41) is 0. The zero-order valence-corrected chi connectivity index (χ0v) is 10.6. The maximum Gasteiger partial charge on any atom is 0.460 e. The van der Waals surface area contributed by atoms with Crippen LogP contribution in [0, 0.1) is 5.92 Å². The number of hydrogen-bond acceptors (Lipinski definition) is 2. The van der Waals surface area contributed by atoms with E-state index in [-0.39, 0.29) is 7.12 Å². The van der Waals surface area contributed by atoms with E-state index >= 15 is 0 Å².